The number of amides is 1. The number of sulfonamides is 1. The summed E-state index contributed by atoms with van der Waals surface area (Å²) in [6.07, 6.45) is 1.67. The van der Waals surface area contributed by atoms with Crippen LogP contribution in [0.3, 0.4) is 0 Å². The van der Waals surface area contributed by atoms with Crippen LogP contribution >= 0.6 is 0 Å². The number of ether oxygens (including phenoxy) is 1. The van der Waals surface area contributed by atoms with E-state index in [1.54, 1.807) is 11.0 Å². The molecule has 1 N–H and O–H groups in total. The summed E-state index contributed by atoms with van der Waals surface area (Å²) in [6, 6.07) is 4.43. The van der Waals surface area contributed by atoms with E-state index >= 15 is 0 Å². The highest BCUT2D eigenvalue weighted by atomic mass is 32.2. The van der Waals surface area contributed by atoms with Crippen LogP contribution in [0.15, 0.2) is 23.1 Å². The largest absolute Gasteiger partial charge is 0.496 e. The van der Waals surface area contributed by atoms with E-state index in [1.165, 1.54) is 19.2 Å². The van der Waals surface area contributed by atoms with Crippen molar-refractivity contribution in [2.45, 2.75) is 31.6 Å². The summed E-state index contributed by atoms with van der Waals surface area (Å²) >= 11 is 0. The average molecular weight is 384 g/mol. The van der Waals surface area contributed by atoms with E-state index in [4.69, 9.17) is 4.74 Å². The van der Waals surface area contributed by atoms with Gasteiger partial charge in [0.2, 0.25) is 10.0 Å². The maximum Gasteiger partial charge on any atom is 0.257 e. The number of methoxy groups -OCH3 is 1. The van der Waals surface area contributed by atoms with Gasteiger partial charge in [0.25, 0.3) is 5.91 Å². The first kappa shape index (κ1) is 20.7. The topological polar surface area (TPSA) is 78.7 Å². The Labute approximate surface area is 156 Å². The van der Waals surface area contributed by atoms with Gasteiger partial charge in [-0.05, 0) is 31.0 Å². The molecule has 26 heavy (non-hydrogen) atoms. The van der Waals surface area contributed by atoms with Gasteiger partial charge in [-0.1, -0.05) is 13.8 Å². The maximum atomic E-state index is 12.9. The van der Waals surface area contributed by atoms with Gasteiger partial charge in [-0.15, -0.1) is 0 Å². The molecular weight excluding hydrogens is 354 g/mol. The number of carbonyl (C=O) groups is 1. The Bertz CT molecular complexity index is 711. The van der Waals surface area contributed by atoms with Crippen molar-refractivity contribution in [1.29, 1.82) is 0 Å². The minimum Gasteiger partial charge on any atom is -0.496 e. The third-order valence-electron chi connectivity index (χ3n) is 4.25. The van der Waals surface area contributed by atoms with Crippen LogP contribution in [0.1, 0.15) is 37.0 Å². The molecule has 0 unspecified atom stereocenters. The molecule has 0 atom stereocenters. The lowest BCUT2D eigenvalue weighted by Crippen LogP contribution is -2.33. The number of nitrogens with zero attached hydrogens (tertiary/aromatic N) is 2. The van der Waals surface area contributed by atoms with E-state index in [9.17, 15) is 13.2 Å². The zero-order valence-corrected chi connectivity index (χ0v) is 16.6. The second-order valence-electron chi connectivity index (χ2n) is 6.39. The molecule has 0 radical (unpaired) electrons. The lowest BCUT2D eigenvalue weighted by Gasteiger charge is -2.23. The summed E-state index contributed by atoms with van der Waals surface area (Å²) in [5.41, 5.74) is 0.281. The van der Waals surface area contributed by atoms with Crippen molar-refractivity contribution in [3.05, 3.63) is 23.8 Å². The van der Waals surface area contributed by atoms with E-state index in [2.05, 4.69) is 9.62 Å². The van der Waals surface area contributed by atoms with E-state index in [1.807, 2.05) is 13.8 Å². The van der Waals surface area contributed by atoms with Gasteiger partial charge in [0, 0.05) is 39.3 Å². The summed E-state index contributed by atoms with van der Waals surface area (Å²) in [4.78, 5) is 16.9. The Morgan fingerprint density at radius 3 is 2.42 bits per heavy atom. The number of hydrogen-bond acceptors (Lipinski definition) is 5. The van der Waals surface area contributed by atoms with Gasteiger partial charge in [0.15, 0.2) is 0 Å². The predicted molar refractivity (Wildman–Crippen MR) is 101 cm³/mol. The van der Waals surface area contributed by atoms with Crippen molar-refractivity contribution >= 4 is 15.9 Å². The molecule has 1 aliphatic rings. The van der Waals surface area contributed by atoms with Gasteiger partial charge in [0.05, 0.1) is 17.6 Å². The van der Waals surface area contributed by atoms with Gasteiger partial charge in [0.1, 0.15) is 5.75 Å². The first-order valence-corrected chi connectivity index (χ1v) is 10.6. The molecule has 1 amide bonds. The molecule has 0 spiro atoms. The molecule has 7 nitrogen and oxygen atoms in total. The smallest absolute Gasteiger partial charge is 0.257 e. The van der Waals surface area contributed by atoms with Crippen LogP contribution in [0.5, 0.6) is 5.75 Å². The van der Waals surface area contributed by atoms with Crippen LogP contribution in [-0.4, -0.2) is 70.5 Å². The van der Waals surface area contributed by atoms with Crippen LogP contribution in [-0.2, 0) is 10.0 Å². The Hall–Kier alpha value is -1.64. The molecule has 0 aliphatic carbocycles. The van der Waals surface area contributed by atoms with Gasteiger partial charge in [-0.25, -0.2) is 13.1 Å². The highest BCUT2D eigenvalue weighted by Gasteiger charge is 2.23. The molecule has 0 saturated carbocycles. The molecule has 1 aromatic carbocycles. The Balaban J connectivity index is 2.24. The standard InChI is InChI=1S/C18H29N3O4S/c1-4-9-21(10-5-2)18(22)16-14-15(6-7-17(16)25-3)26(23,24)19-8-11-20-12-13-20/h6-7,14,19H,4-5,8-13H2,1-3H3. The monoisotopic (exact) mass is 383 g/mol. The molecule has 1 aromatic rings. The summed E-state index contributed by atoms with van der Waals surface area (Å²) < 4.78 is 33.0. The molecule has 0 aromatic heterocycles. The summed E-state index contributed by atoms with van der Waals surface area (Å²) in [7, 11) is -2.18. The Morgan fingerprint density at radius 1 is 1.23 bits per heavy atom. The molecule has 1 fully saturated rings. The zero-order chi connectivity index (χ0) is 19.2. The number of nitrogens with one attached hydrogen (secondary N) is 1. The molecule has 1 heterocycles. The second-order valence-corrected chi connectivity index (χ2v) is 8.16. The van der Waals surface area contributed by atoms with Gasteiger partial charge < -0.3 is 9.64 Å². The lowest BCUT2D eigenvalue weighted by atomic mass is 10.1. The van der Waals surface area contributed by atoms with E-state index in [0.717, 1.165) is 25.9 Å². The Kier molecular flexibility index (Phi) is 7.43. The third-order valence-corrected chi connectivity index (χ3v) is 5.70. The summed E-state index contributed by atoms with van der Waals surface area (Å²) in [5.74, 6) is 0.182. The number of rotatable bonds is 11. The molecular formula is C18H29N3O4S. The molecule has 146 valence electrons. The Morgan fingerprint density at radius 2 is 1.88 bits per heavy atom. The highest BCUT2D eigenvalue weighted by molar-refractivity contribution is 7.89. The molecule has 0 bridgehead atoms. The van der Waals surface area contributed by atoms with Gasteiger partial charge in [-0.2, -0.15) is 0 Å². The maximum absolute atomic E-state index is 12.9. The van der Waals surface area contributed by atoms with Crippen molar-refractivity contribution in [3.63, 3.8) is 0 Å². The van der Waals surface area contributed by atoms with Crippen LogP contribution in [0.25, 0.3) is 0 Å². The molecule has 8 heteroatoms. The molecule has 1 saturated heterocycles. The van der Waals surface area contributed by atoms with Crippen molar-refractivity contribution in [2.24, 2.45) is 0 Å². The fourth-order valence-electron chi connectivity index (χ4n) is 2.76. The first-order chi connectivity index (χ1) is 12.4. The highest BCUT2D eigenvalue weighted by Crippen LogP contribution is 2.24. The normalized spacial score (nSPS) is 14.3. The average Bonchev–Trinajstić information content (AvgIpc) is 3.44. The summed E-state index contributed by atoms with van der Waals surface area (Å²) in [5, 5.41) is 0. The lowest BCUT2D eigenvalue weighted by molar-refractivity contribution is 0.0752. The quantitative estimate of drug-likeness (QED) is 0.587. The van der Waals surface area contributed by atoms with Crippen LogP contribution in [0.4, 0.5) is 0 Å². The van der Waals surface area contributed by atoms with Crippen LogP contribution < -0.4 is 9.46 Å². The van der Waals surface area contributed by atoms with Crippen molar-refractivity contribution in [2.75, 3.05) is 46.4 Å². The van der Waals surface area contributed by atoms with E-state index in [-0.39, 0.29) is 16.4 Å². The number of benzene rings is 1. The predicted octanol–water partition coefficient (Wildman–Crippen LogP) is 1.55. The van der Waals surface area contributed by atoms with E-state index in [0.29, 0.717) is 31.9 Å². The zero-order valence-electron chi connectivity index (χ0n) is 15.8. The fourth-order valence-corrected chi connectivity index (χ4v) is 3.81. The van der Waals surface area contributed by atoms with Crippen LogP contribution in [0.2, 0.25) is 0 Å². The van der Waals surface area contributed by atoms with E-state index < -0.39 is 10.0 Å². The van der Waals surface area contributed by atoms with Crippen LogP contribution in [0, 0.1) is 0 Å². The van der Waals surface area contributed by atoms with Crippen molar-refractivity contribution < 1.29 is 17.9 Å². The number of hydrogen-bond donors (Lipinski definition) is 1. The second kappa shape index (κ2) is 9.34. The molecule has 1 aliphatic heterocycles. The minimum absolute atomic E-state index is 0.0837. The summed E-state index contributed by atoms with van der Waals surface area (Å²) in [6.45, 7) is 8.36. The third kappa shape index (κ3) is 5.43. The fraction of sp³-hybridized carbons (Fsp3) is 0.611. The van der Waals surface area contributed by atoms with Gasteiger partial charge >= 0.3 is 0 Å². The first-order valence-electron chi connectivity index (χ1n) is 9.12. The van der Waals surface area contributed by atoms with Crippen molar-refractivity contribution in [1.82, 2.24) is 14.5 Å². The number of carbonyl (C=O) groups excluding carboxylic acids is 1. The van der Waals surface area contributed by atoms with Gasteiger partial charge in [-0.3, -0.25) is 9.69 Å². The molecule has 2 rings (SSSR count). The SMILES string of the molecule is CCCN(CCC)C(=O)c1cc(S(=O)(=O)NCCN2CC2)ccc1OC. The van der Waals surface area contributed by atoms with Crippen molar-refractivity contribution in [3.8, 4) is 5.75 Å². The minimum atomic E-state index is -3.66.